The second-order valence-corrected chi connectivity index (χ2v) is 3.49. The molecule has 0 aliphatic rings. The van der Waals surface area contributed by atoms with E-state index in [4.69, 9.17) is 10.2 Å². The van der Waals surface area contributed by atoms with E-state index in [-0.39, 0.29) is 11.1 Å². The van der Waals surface area contributed by atoms with Crippen molar-refractivity contribution in [1.29, 1.82) is 0 Å². The summed E-state index contributed by atoms with van der Waals surface area (Å²) in [5, 5.41) is 36.7. The smallest absolute Gasteiger partial charge is 0.337 e. The van der Waals surface area contributed by atoms with Gasteiger partial charge in [-0.05, 0) is 12.1 Å². The van der Waals surface area contributed by atoms with Crippen LogP contribution in [0.2, 0.25) is 0 Å². The number of aliphatic carboxylic acids is 1. The van der Waals surface area contributed by atoms with Crippen LogP contribution in [0.15, 0.2) is 18.2 Å². The first-order chi connectivity index (χ1) is 8.38. The Kier molecular flexibility index (Phi) is 4.24. The third kappa shape index (κ3) is 2.76. The van der Waals surface area contributed by atoms with Crippen molar-refractivity contribution in [3.05, 3.63) is 29.3 Å². The van der Waals surface area contributed by atoms with Crippen molar-refractivity contribution in [3.8, 4) is 5.75 Å². The van der Waals surface area contributed by atoms with Crippen molar-refractivity contribution < 1.29 is 34.8 Å². The number of rotatable bonds is 4. The Labute approximate surface area is 102 Å². The van der Waals surface area contributed by atoms with E-state index in [0.717, 1.165) is 19.2 Å². The van der Waals surface area contributed by atoms with Crippen molar-refractivity contribution in [3.63, 3.8) is 0 Å². The largest absolute Gasteiger partial charge is 0.508 e. The highest BCUT2D eigenvalue weighted by Crippen LogP contribution is 2.27. The molecule has 0 saturated carbocycles. The first-order valence-electron chi connectivity index (χ1n) is 4.88. The highest BCUT2D eigenvalue weighted by molar-refractivity contribution is 5.90. The fourth-order valence-corrected chi connectivity index (χ4v) is 1.34. The molecule has 0 aliphatic carbocycles. The number of carboxylic acid groups (broad SMARTS) is 1. The summed E-state index contributed by atoms with van der Waals surface area (Å²) < 4.78 is 4.42. The Bertz CT molecular complexity index is 468. The molecule has 7 heteroatoms. The number of ether oxygens (including phenoxy) is 1. The molecule has 0 bridgehead atoms. The molecule has 0 heterocycles. The van der Waals surface area contributed by atoms with E-state index in [9.17, 15) is 19.8 Å². The molecule has 1 rings (SSSR count). The molecule has 0 aromatic heterocycles. The van der Waals surface area contributed by atoms with Crippen LogP contribution in [0, 0.1) is 0 Å². The maximum atomic E-state index is 11.1. The van der Waals surface area contributed by atoms with Crippen LogP contribution in [0.3, 0.4) is 0 Å². The van der Waals surface area contributed by atoms with Crippen LogP contribution in [0.25, 0.3) is 0 Å². The van der Waals surface area contributed by atoms with E-state index >= 15 is 0 Å². The maximum absolute atomic E-state index is 11.1. The molecular formula is C11H12O7. The van der Waals surface area contributed by atoms with Crippen molar-refractivity contribution in [2.75, 3.05) is 7.11 Å². The predicted octanol–water partition coefficient (Wildman–Crippen LogP) is -0.342. The van der Waals surface area contributed by atoms with E-state index in [1.54, 1.807) is 0 Å². The molecule has 2 atom stereocenters. The molecule has 2 unspecified atom stereocenters. The number of carbonyl (C=O) groups is 2. The van der Waals surface area contributed by atoms with Gasteiger partial charge in [-0.15, -0.1) is 0 Å². The van der Waals surface area contributed by atoms with Crippen LogP contribution in [-0.4, -0.2) is 45.6 Å². The second-order valence-electron chi connectivity index (χ2n) is 3.49. The number of carbonyl (C=O) groups excluding carboxylic acids is 1. The highest BCUT2D eigenvalue weighted by atomic mass is 16.5. The number of aliphatic hydroxyl groups excluding tert-OH is 2. The lowest BCUT2D eigenvalue weighted by Gasteiger charge is -2.15. The zero-order valence-electron chi connectivity index (χ0n) is 9.40. The van der Waals surface area contributed by atoms with Crippen LogP contribution in [-0.2, 0) is 9.53 Å². The fraction of sp³-hybridized carbons (Fsp3) is 0.273. The Morgan fingerprint density at radius 2 is 1.89 bits per heavy atom. The van der Waals surface area contributed by atoms with Crippen LogP contribution >= 0.6 is 0 Å². The van der Waals surface area contributed by atoms with Crippen molar-refractivity contribution in [1.82, 2.24) is 0 Å². The maximum Gasteiger partial charge on any atom is 0.337 e. The summed E-state index contributed by atoms with van der Waals surface area (Å²) >= 11 is 0. The average Bonchev–Trinajstić information content (AvgIpc) is 2.35. The topological polar surface area (TPSA) is 124 Å². The number of benzene rings is 1. The minimum absolute atomic E-state index is 0.0377. The number of aromatic hydroxyl groups is 1. The van der Waals surface area contributed by atoms with Crippen LogP contribution < -0.4 is 0 Å². The van der Waals surface area contributed by atoms with Gasteiger partial charge in [-0.1, -0.05) is 6.07 Å². The number of esters is 1. The minimum Gasteiger partial charge on any atom is -0.508 e. The highest BCUT2D eigenvalue weighted by Gasteiger charge is 2.27. The lowest BCUT2D eigenvalue weighted by atomic mass is 10.0. The molecule has 1 aromatic carbocycles. The number of carboxylic acids is 1. The summed E-state index contributed by atoms with van der Waals surface area (Å²) in [7, 11) is 1.16. The van der Waals surface area contributed by atoms with Gasteiger partial charge in [0, 0.05) is 5.56 Å². The van der Waals surface area contributed by atoms with Gasteiger partial charge in [0.2, 0.25) is 0 Å². The zero-order chi connectivity index (χ0) is 13.9. The monoisotopic (exact) mass is 256 g/mol. The Morgan fingerprint density at radius 3 is 2.33 bits per heavy atom. The van der Waals surface area contributed by atoms with Crippen LogP contribution in [0.1, 0.15) is 22.0 Å². The quantitative estimate of drug-likeness (QED) is 0.543. The second kappa shape index (κ2) is 5.48. The average molecular weight is 256 g/mol. The number of methoxy groups -OCH3 is 1. The van der Waals surface area contributed by atoms with E-state index in [0.29, 0.717) is 0 Å². The number of hydrogen-bond donors (Lipinski definition) is 4. The third-order valence-electron chi connectivity index (χ3n) is 2.32. The van der Waals surface area contributed by atoms with Crippen LogP contribution in [0.5, 0.6) is 5.75 Å². The summed E-state index contributed by atoms with van der Waals surface area (Å²) in [6, 6.07) is 3.38. The van der Waals surface area contributed by atoms with E-state index in [2.05, 4.69) is 4.74 Å². The van der Waals surface area contributed by atoms with Gasteiger partial charge in [-0.2, -0.15) is 0 Å². The number of aliphatic hydroxyl groups is 2. The Morgan fingerprint density at radius 1 is 1.28 bits per heavy atom. The van der Waals surface area contributed by atoms with Crippen molar-refractivity contribution >= 4 is 11.9 Å². The molecule has 0 fully saturated rings. The predicted molar refractivity (Wildman–Crippen MR) is 58.0 cm³/mol. The lowest BCUT2D eigenvalue weighted by Crippen LogP contribution is -2.27. The summed E-state index contributed by atoms with van der Waals surface area (Å²) in [5.41, 5.74) is -0.159. The molecule has 4 N–H and O–H groups in total. The molecule has 7 nitrogen and oxygen atoms in total. The zero-order valence-corrected chi connectivity index (χ0v) is 9.40. The van der Waals surface area contributed by atoms with Gasteiger partial charge in [0.05, 0.1) is 12.7 Å². The molecule has 0 spiro atoms. The van der Waals surface area contributed by atoms with Gasteiger partial charge >= 0.3 is 11.9 Å². The van der Waals surface area contributed by atoms with Crippen molar-refractivity contribution in [2.45, 2.75) is 12.2 Å². The normalized spacial score (nSPS) is 13.7. The molecule has 0 aliphatic heterocycles. The third-order valence-corrected chi connectivity index (χ3v) is 2.32. The first-order valence-corrected chi connectivity index (χ1v) is 4.88. The van der Waals surface area contributed by atoms with Crippen molar-refractivity contribution in [2.24, 2.45) is 0 Å². The van der Waals surface area contributed by atoms with Gasteiger partial charge in [-0.3, -0.25) is 0 Å². The number of phenolic OH excluding ortho intramolecular Hbond substituents is 1. The van der Waals surface area contributed by atoms with Gasteiger partial charge in [0.1, 0.15) is 11.9 Å². The Hall–Kier alpha value is -2.12. The van der Waals surface area contributed by atoms with Crippen LogP contribution in [0.4, 0.5) is 0 Å². The Balaban J connectivity index is 3.06. The summed E-state index contributed by atoms with van der Waals surface area (Å²) in [4.78, 5) is 21.6. The molecule has 98 valence electrons. The summed E-state index contributed by atoms with van der Waals surface area (Å²) in [6.07, 6.45) is -3.87. The SMILES string of the molecule is COC(=O)c1ccc(C(O)C(O)C(=O)O)c(O)c1. The van der Waals surface area contributed by atoms with Gasteiger partial charge in [-0.25, -0.2) is 9.59 Å². The molecule has 18 heavy (non-hydrogen) atoms. The standard InChI is InChI=1S/C11H12O7/c1-18-11(17)5-2-3-6(7(12)4-5)8(13)9(14)10(15)16/h2-4,8-9,12-14H,1H3,(H,15,16). The van der Waals surface area contributed by atoms with Gasteiger partial charge in [0.25, 0.3) is 0 Å². The number of phenols is 1. The number of hydrogen-bond acceptors (Lipinski definition) is 6. The minimum atomic E-state index is -2.07. The summed E-state index contributed by atoms with van der Waals surface area (Å²) in [6.45, 7) is 0. The lowest BCUT2D eigenvalue weighted by molar-refractivity contribution is -0.153. The summed E-state index contributed by atoms with van der Waals surface area (Å²) in [5.74, 6) is -2.82. The molecule has 0 saturated heterocycles. The van der Waals surface area contributed by atoms with Gasteiger partial charge in [0.15, 0.2) is 6.10 Å². The first kappa shape index (κ1) is 13.9. The van der Waals surface area contributed by atoms with E-state index in [1.165, 1.54) is 6.07 Å². The van der Waals surface area contributed by atoms with E-state index in [1.807, 2.05) is 0 Å². The van der Waals surface area contributed by atoms with E-state index < -0.39 is 29.9 Å². The fourth-order valence-electron chi connectivity index (χ4n) is 1.34. The molecule has 1 aromatic rings. The molecular weight excluding hydrogens is 244 g/mol. The van der Waals surface area contributed by atoms with Gasteiger partial charge < -0.3 is 25.2 Å². The molecule has 0 amide bonds. The molecule has 0 radical (unpaired) electrons.